The fraction of sp³-hybridized carbons (Fsp3) is 0.500. The molecule has 1 aromatic rings. The van der Waals surface area contributed by atoms with Crippen molar-refractivity contribution in [3.8, 4) is 5.75 Å². The van der Waals surface area contributed by atoms with Crippen LogP contribution in [0.4, 0.5) is 13.6 Å². The van der Waals surface area contributed by atoms with Crippen LogP contribution in [0.1, 0.15) is 20.8 Å². The Morgan fingerprint density at radius 2 is 1.95 bits per heavy atom. The summed E-state index contributed by atoms with van der Waals surface area (Å²) in [5.41, 5.74) is -0.559. The van der Waals surface area contributed by atoms with Crippen LogP contribution in [0.3, 0.4) is 0 Å². The van der Waals surface area contributed by atoms with E-state index in [1.165, 1.54) is 11.0 Å². The van der Waals surface area contributed by atoms with Gasteiger partial charge >= 0.3 is 6.09 Å². The molecule has 116 valence electrons. The van der Waals surface area contributed by atoms with Gasteiger partial charge in [0, 0.05) is 12.1 Å². The second-order valence-electron chi connectivity index (χ2n) is 5.83. The van der Waals surface area contributed by atoms with Gasteiger partial charge in [-0.05, 0) is 20.8 Å². The average molecular weight is 320 g/mol. The van der Waals surface area contributed by atoms with Gasteiger partial charge in [-0.25, -0.2) is 13.6 Å². The molecule has 1 fully saturated rings. The molecule has 1 heterocycles. The molecular weight excluding hydrogens is 304 g/mol. The molecule has 0 saturated carbocycles. The lowest BCUT2D eigenvalue weighted by molar-refractivity contribution is -0.0222. The second-order valence-corrected chi connectivity index (χ2v) is 6.23. The van der Waals surface area contributed by atoms with Crippen molar-refractivity contribution in [2.45, 2.75) is 32.5 Å². The first-order valence-corrected chi connectivity index (χ1v) is 6.82. The Balaban J connectivity index is 1.87. The van der Waals surface area contributed by atoms with E-state index in [-0.39, 0.29) is 16.9 Å². The summed E-state index contributed by atoms with van der Waals surface area (Å²) in [5.74, 6) is -2.04. The van der Waals surface area contributed by atoms with Crippen LogP contribution in [0.2, 0.25) is 5.02 Å². The largest absolute Gasteiger partial charge is 0.487 e. The summed E-state index contributed by atoms with van der Waals surface area (Å²) >= 11 is 5.54. The molecule has 0 aliphatic carbocycles. The molecule has 0 atom stereocenters. The van der Waals surface area contributed by atoms with Crippen molar-refractivity contribution in [2.75, 3.05) is 13.1 Å². The molecule has 0 bridgehead atoms. The van der Waals surface area contributed by atoms with Gasteiger partial charge < -0.3 is 14.4 Å². The van der Waals surface area contributed by atoms with Gasteiger partial charge in [-0.2, -0.15) is 0 Å². The number of rotatable bonds is 2. The minimum atomic E-state index is -1.10. The second kappa shape index (κ2) is 5.67. The molecule has 7 heteroatoms. The number of hydrogen-bond donors (Lipinski definition) is 0. The number of carbonyl (C=O) groups is 1. The Morgan fingerprint density at radius 3 is 2.48 bits per heavy atom. The highest BCUT2D eigenvalue weighted by atomic mass is 35.5. The maximum Gasteiger partial charge on any atom is 0.410 e. The van der Waals surface area contributed by atoms with Crippen LogP contribution in [0.25, 0.3) is 0 Å². The molecule has 1 aromatic carbocycles. The van der Waals surface area contributed by atoms with Crippen molar-refractivity contribution in [1.29, 1.82) is 0 Å². The monoisotopic (exact) mass is 319 g/mol. The van der Waals surface area contributed by atoms with Crippen molar-refractivity contribution >= 4 is 17.7 Å². The van der Waals surface area contributed by atoms with Gasteiger partial charge in [-0.15, -0.1) is 0 Å². The zero-order valence-corrected chi connectivity index (χ0v) is 12.7. The van der Waals surface area contributed by atoms with Crippen molar-refractivity contribution in [1.82, 2.24) is 4.90 Å². The number of halogens is 3. The van der Waals surface area contributed by atoms with Crippen molar-refractivity contribution in [3.63, 3.8) is 0 Å². The van der Waals surface area contributed by atoms with Gasteiger partial charge in [0.1, 0.15) is 17.5 Å². The van der Waals surface area contributed by atoms with E-state index < -0.39 is 23.3 Å². The predicted molar refractivity (Wildman–Crippen MR) is 73.6 cm³/mol. The molecule has 1 aliphatic heterocycles. The Bertz CT molecular complexity index is 531. The first-order valence-electron chi connectivity index (χ1n) is 6.45. The van der Waals surface area contributed by atoms with Crippen molar-refractivity contribution < 1.29 is 23.0 Å². The molecule has 0 aromatic heterocycles. The summed E-state index contributed by atoms with van der Waals surface area (Å²) in [7, 11) is 0. The van der Waals surface area contributed by atoms with Gasteiger partial charge in [0.2, 0.25) is 0 Å². The Morgan fingerprint density at radius 1 is 1.33 bits per heavy atom. The predicted octanol–water partition coefficient (Wildman–Crippen LogP) is 3.62. The number of carbonyl (C=O) groups excluding carboxylic acids is 1. The van der Waals surface area contributed by atoms with Crippen LogP contribution < -0.4 is 4.74 Å². The molecule has 2 rings (SSSR count). The summed E-state index contributed by atoms with van der Waals surface area (Å²) in [6.45, 7) is 5.99. The first-order chi connectivity index (χ1) is 9.65. The van der Waals surface area contributed by atoms with E-state index in [0.717, 1.165) is 6.07 Å². The van der Waals surface area contributed by atoms with E-state index in [2.05, 4.69) is 0 Å². The van der Waals surface area contributed by atoms with E-state index in [1.807, 2.05) is 0 Å². The maximum atomic E-state index is 13.2. The maximum absolute atomic E-state index is 13.2. The molecule has 0 radical (unpaired) electrons. The van der Waals surface area contributed by atoms with E-state index >= 15 is 0 Å². The number of ether oxygens (including phenoxy) is 2. The number of amides is 1. The molecular formula is C14H16ClF2NO3. The molecule has 0 spiro atoms. The van der Waals surface area contributed by atoms with E-state index in [1.54, 1.807) is 20.8 Å². The quantitative estimate of drug-likeness (QED) is 0.782. The summed E-state index contributed by atoms with van der Waals surface area (Å²) < 4.78 is 36.8. The number of nitrogens with zero attached hydrogens (tertiary/aromatic N) is 1. The molecule has 21 heavy (non-hydrogen) atoms. The molecule has 0 unspecified atom stereocenters. The Labute approximate surface area is 126 Å². The lowest BCUT2D eigenvalue weighted by Crippen LogP contribution is -2.57. The normalized spacial score (nSPS) is 15.6. The van der Waals surface area contributed by atoms with Gasteiger partial charge in [-0.3, -0.25) is 0 Å². The highest BCUT2D eigenvalue weighted by molar-refractivity contribution is 6.30. The minimum Gasteiger partial charge on any atom is -0.487 e. The SMILES string of the molecule is CC(C)(C)OC(=O)N1CC(Oc2cc(F)c(F)c(Cl)c2)C1. The highest BCUT2D eigenvalue weighted by Crippen LogP contribution is 2.27. The summed E-state index contributed by atoms with van der Waals surface area (Å²) in [6, 6.07) is 2.13. The smallest absolute Gasteiger partial charge is 0.410 e. The van der Waals surface area contributed by atoms with Crippen molar-refractivity contribution in [2.24, 2.45) is 0 Å². The molecule has 1 aliphatic rings. The van der Waals surface area contributed by atoms with Gasteiger partial charge in [0.15, 0.2) is 11.6 Å². The fourth-order valence-electron chi connectivity index (χ4n) is 1.78. The topological polar surface area (TPSA) is 38.8 Å². The lowest BCUT2D eigenvalue weighted by Gasteiger charge is -2.39. The van der Waals surface area contributed by atoms with Gasteiger partial charge in [0.25, 0.3) is 0 Å². The number of likely N-dealkylation sites (tertiary alicyclic amines) is 1. The third-order valence-electron chi connectivity index (χ3n) is 2.76. The fourth-order valence-corrected chi connectivity index (χ4v) is 1.98. The minimum absolute atomic E-state index is 0.132. The number of hydrogen-bond acceptors (Lipinski definition) is 3. The van der Waals surface area contributed by atoms with Crippen molar-refractivity contribution in [3.05, 3.63) is 28.8 Å². The van der Waals surface area contributed by atoms with E-state index in [4.69, 9.17) is 21.1 Å². The zero-order chi connectivity index (χ0) is 15.8. The standard InChI is InChI=1S/C14H16ClF2NO3/c1-14(2,3)21-13(19)18-6-9(7-18)20-8-4-10(15)12(17)11(16)5-8/h4-5,9H,6-7H2,1-3H3. The Hall–Kier alpha value is -1.56. The van der Waals surface area contributed by atoms with Crippen LogP contribution >= 0.6 is 11.6 Å². The van der Waals surface area contributed by atoms with Gasteiger partial charge in [-0.1, -0.05) is 11.6 Å². The average Bonchev–Trinajstić information content (AvgIpc) is 2.27. The van der Waals surface area contributed by atoms with E-state index in [0.29, 0.717) is 13.1 Å². The molecule has 1 amide bonds. The van der Waals surface area contributed by atoms with Crippen LogP contribution in [0, 0.1) is 11.6 Å². The van der Waals surface area contributed by atoms with Crippen LogP contribution in [0.5, 0.6) is 5.75 Å². The molecule has 4 nitrogen and oxygen atoms in total. The molecule has 0 N–H and O–H groups in total. The van der Waals surface area contributed by atoms with Gasteiger partial charge in [0.05, 0.1) is 18.1 Å². The summed E-state index contributed by atoms with van der Waals surface area (Å²) in [6.07, 6.45) is -0.718. The summed E-state index contributed by atoms with van der Waals surface area (Å²) in [5, 5.41) is -0.340. The third-order valence-corrected chi connectivity index (χ3v) is 3.03. The lowest BCUT2D eigenvalue weighted by atomic mass is 10.1. The van der Waals surface area contributed by atoms with Crippen LogP contribution in [-0.2, 0) is 4.74 Å². The third kappa shape index (κ3) is 3.97. The number of benzene rings is 1. The van der Waals surface area contributed by atoms with Crippen LogP contribution in [0.15, 0.2) is 12.1 Å². The van der Waals surface area contributed by atoms with E-state index in [9.17, 15) is 13.6 Å². The summed E-state index contributed by atoms with van der Waals surface area (Å²) in [4.78, 5) is 13.2. The Kier molecular flexibility index (Phi) is 4.27. The first kappa shape index (κ1) is 15.8. The van der Waals surface area contributed by atoms with Crippen LogP contribution in [-0.4, -0.2) is 35.8 Å². The molecule has 1 saturated heterocycles. The zero-order valence-electron chi connectivity index (χ0n) is 12.0. The highest BCUT2D eigenvalue weighted by Gasteiger charge is 2.35.